The van der Waals surface area contributed by atoms with Crippen molar-refractivity contribution < 1.29 is 29.4 Å². The van der Waals surface area contributed by atoms with Gasteiger partial charge in [-0.25, -0.2) is 4.79 Å². The molecule has 0 bridgehead atoms. The van der Waals surface area contributed by atoms with Gasteiger partial charge < -0.3 is 20.3 Å². The van der Waals surface area contributed by atoms with E-state index in [0.29, 0.717) is 6.29 Å². The summed E-state index contributed by atoms with van der Waals surface area (Å²) in [5, 5.41) is 18.7. The van der Waals surface area contributed by atoms with E-state index in [9.17, 15) is 19.2 Å². The Hall–Kier alpha value is -1.92. The smallest absolute Gasteiger partial charge is 0.326 e. The standard InChI is InChI=1S/C7H9NO6/c9-2-1-5(10)8-4(7(13)14)3-6(11)12/h2,4H,1,3H2,(H,8,10)(H,11,12)(H,13,14). The van der Waals surface area contributed by atoms with Crippen molar-refractivity contribution in [3.63, 3.8) is 0 Å². The Morgan fingerprint density at radius 3 is 2.21 bits per heavy atom. The molecule has 0 fully saturated rings. The Labute approximate surface area is 78.7 Å². The number of carboxylic acid groups (broad SMARTS) is 2. The van der Waals surface area contributed by atoms with E-state index in [-0.39, 0.29) is 0 Å². The van der Waals surface area contributed by atoms with Crippen LogP contribution in [0, 0.1) is 0 Å². The highest BCUT2D eigenvalue weighted by Gasteiger charge is 2.22. The SMILES string of the molecule is O=CCC(=O)NC(CC(=O)O)C(=O)O. The number of hydrogen-bond donors (Lipinski definition) is 3. The fourth-order valence-electron chi connectivity index (χ4n) is 0.704. The summed E-state index contributed by atoms with van der Waals surface area (Å²) in [4.78, 5) is 41.2. The minimum atomic E-state index is -1.50. The maximum Gasteiger partial charge on any atom is 0.326 e. The maximum atomic E-state index is 10.7. The van der Waals surface area contributed by atoms with Crippen molar-refractivity contribution in [3.05, 3.63) is 0 Å². The van der Waals surface area contributed by atoms with Gasteiger partial charge in [-0.1, -0.05) is 0 Å². The van der Waals surface area contributed by atoms with Gasteiger partial charge in [-0.3, -0.25) is 9.59 Å². The van der Waals surface area contributed by atoms with Crippen molar-refractivity contribution in [2.24, 2.45) is 0 Å². The summed E-state index contributed by atoms with van der Waals surface area (Å²) in [6.07, 6.45) is -0.904. The lowest BCUT2D eigenvalue weighted by Gasteiger charge is -2.10. The van der Waals surface area contributed by atoms with Gasteiger partial charge in [0.2, 0.25) is 5.91 Å². The van der Waals surface area contributed by atoms with Crippen LogP contribution in [0.15, 0.2) is 0 Å². The fourth-order valence-corrected chi connectivity index (χ4v) is 0.704. The summed E-state index contributed by atoms with van der Waals surface area (Å²) in [5.74, 6) is -3.61. The third-order valence-corrected chi connectivity index (χ3v) is 1.28. The highest BCUT2D eigenvalue weighted by atomic mass is 16.4. The highest BCUT2D eigenvalue weighted by molar-refractivity contribution is 5.92. The molecular weight excluding hydrogens is 194 g/mol. The molecule has 7 heteroatoms. The molecule has 1 amide bonds. The predicted octanol–water partition coefficient (Wildman–Crippen LogP) is -1.38. The normalized spacial score (nSPS) is 11.4. The van der Waals surface area contributed by atoms with E-state index < -0.39 is 36.7 Å². The summed E-state index contributed by atoms with van der Waals surface area (Å²) in [7, 11) is 0. The zero-order valence-electron chi connectivity index (χ0n) is 7.10. The summed E-state index contributed by atoms with van der Waals surface area (Å²) in [6, 6.07) is -1.50. The van der Waals surface area contributed by atoms with Crippen LogP contribution >= 0.6 is 0 Å². The zero-order valence-corrected chi connectivity index (χ0v) is 7.10. The van der Waals surface area contributed by atoms with Gasteiger partial charge in [-0.05, 0) is 0 Å². The van der Waals surface area contributed by atoms with Crippen molar-refractivity contribution in [2.75, 3.05) is 0 Å². The fraction of sp³-hybridized carbons (Fsp3) is 0.429. The number of hydrogen-bond acceptors (Lipinski definition) is 4. The topological polar surface area (TPSA) is 121 Å². The number of carboxylic acids is 2. The molecule has 0 aromatic heterocycles. The molecule has 0 radical (unpaired) electrons. The van der Waals surface area contributed by atoms with Crippen LogP contribution in [0.4, 0.5) is 0 Å². The molecule has 0 saturated carbocycles. The van der Waals surface area contributed by atoms with E-state index in [1.54, 1.807) is 0 Å². The highest BCUT2D eigenvalue weighted by Crippen LogP contribution is 1.93. The Bertz CT molecular complexity index is 261. The van der Waals surface area contributed by atoms with Crippen molar-refractivity contribution in [1.29, 1.82) is 0 Å². The number of carbonyl (C=O) groups is 4. The number of aliphatic carboxylic acids is 2. The molecule has 78 valence electrons. The molecule has 3 N–H and O–H groups in total. The molecular formula is C7H9NO6. The minimum Gasteiger partial charge on any atom is -0.481 e. The van der Waals surface area contributed by atoms with Crippen LogP contribution in [0.25, 0.3) is 0 Å². The molecule has 1 atom stereocenters. The average molecular weight is 203 g/mol. The number of carbonyl (C=O) groups excluding carboxylic acids is 2. The van der Waals surface area contributed by atoms with Gasteiger partial charge in [0, 0.05) is 0 Å². The number of rotatable bonds is 6. The first-order valence-electron chi connectivity index (χ1n) is 3.65. The lowest BCUT2D eigenvalue weighted by atomic mass is 10.2. The second-order valence-electron chi connectivity index (χ2n) is 2.43. The van der Waals surface area contributed by atoms with Crippen molar-refractivity contribution in [2.45, 2.75) is 18.9 Å². The van der Waals surface area contributed by atoms with E-state index in [4.69, 9.17) is 10.2 Å². The van der Waals surface area contributed by atoms with Crippen LogP contribution in [0.2, 0.25) is 0 Å². The first-order chi connectivity index (χ1) is 6.47. The Morgan fingerprint density at radius 2 is 1.86 bits per heavy atom. The van der Waals surface area contributed by atoms with Crippen LogP contribution in [0.3, 0.4) is 0 Å². The minimum absolute atomic E-state index is 0.301. The molecule has 0 aliphatic carbocycles. The quantitative estimate of drug-likeness (QED) is 0.361. The summed E-state index contributed by atoms with van der Waals surface area (Å²) in [5.41, 5.74) is 0. The summed E-state index contributed by atoms with van der Waals surface area (Å²) in [6.45, 7) is 0. The molecule has 7 nitrogen and oxygen atoms in total. The third-order valence-electron chi connectivity index (χ3n) is 1.28. The maximum absolute atomic E-state index is 10.7. The van der Waals surface area contributed by atoms with Crippen LogP contribution in [0.1, 0.15) is 12.8 Å². The monoisotopic (exact) mass is 203 g/mol. The summed E-state index contributed by atoms with van der Waals surface area (Å²) < 4.78 is 0. The van der Waals surface area contributed by atoms with Gasteiger partial charge in [-0.15, -0.1) is 0 Å². The van der Waals surface area contributed by atoms with Crippen LogP contribution in [-0.2, 0) is 19.2 Å². The first kappa shape index (κ1) is 12.1. The summed E-state index contributed by atoms with van der Waals surface area (Å²) >= 11 is 0. The molecule has 0 saturated heterocycles. The van der Waals surface area contributed by atoms with Gasteiger partial charge in [0.05, 0.1) is 12.8 Å². The van der Waals surface area contributed by atoms with E-state index in [1.807, 2.05) is 5.32 Å². The lowest BCUT2D eigenvalue weighted by Crippen LogP contribution is -2.42. The molecule has 1 unspecified atom stereocenters. The van der Waals surface area contributed by atoms with Crippen LogP contribution < -0.4 is 5.32 Å². The molecule has 0 aromatic carbocycles. The van der Waals surface area contributed by atoms with E-state index in [0.717, 1.165) is 0 Å². The van der Waals surface area contributed by atoms with Gasteiger partial charge in [0.25, 0.3) is 0 Å². The molecule has 14 heavy (non-hydrogen) atoms. The molecule has 0 rings (SSSR count). The van der Waals surface area contributed by atoms with Crippen LogP contribution in [-0.4, -0.2) is 40.4 Å². The van der Waals surface area contributed by atoms with Gasteiger partial charge in [-0.2, -0.15) is 0 Å². The number of nitrogens with one attached hydrogen (secondary N) is 1. The zero-order chi connectivity index (χ0) is 11.1. The Morgan fingerprint density at radius 1 is 1.29 bits per heavy atom. The van der Waals surface area contributed by atoms with E-state index >= 15 is 0 Å². The van der Waals surface area contributed by atoms with Gasteiger partial charge in [0.15, 0.2) is 0 Å². The van der Waals surface area contributed by atoms with Gasteiger partial charge in [0.1, 0.15) is 12.3 Å². The predicted molar refractivity (Wildman–Crippen MR) is 42.5 cm³/mol. The Balaban J connectivity index is 4.22. The second-order valence-corrected chi connectivity index (χ2v) is 2.43. The number of amides is 1. The molecule has 0 aliphatic rings. The van der Waals surface area contributed by atoms with E-state index in [2.05, 4.69) is 0 Å². The third kappa shape index (κ3) is 4.86. The molecule has 0 heterocycles. The largest absolute Gasteiger partial charge is 0.481 e. The molecule has 0 aliphatic heterocycles. The van der Waals surface area contributed by atoms with Crippen molar-refractivity contribution in [1.82, 2.24) is 5.32 Å². The van der Waals surface area contributed by atoms with Crippen molar-refractivity contribution >= 4 is 24.1 Å². The number of aldehydes is 1. The molecule has 0 spiro atoms. The van der Waals surface area contributed by atoms with E-state index in [1.165, 1.54) is 0 Å². The Kier molecular flexibility index (Phi) is 4.90. The molecule has 0 aromatic rings. The van der Waals surface area contributed by atoms with Crippen molar-refractivity contribution in [3.8, 4) is 0 Å². The van der Waals surface area contributed by atoms with Crippen LogP contribution in [0.5, 0.6) is 0 Å². The average Bonchev–Trinajstić information content (AvgIpc) is 2.02. The second kappa shape index (κ2) is 5.68. The van der Waals surface area contributed by atoms with Gasteiger partial charge >= 0.3 is 11.9 Å². The lowest BCUT2D eigenvalue weighted by molar-refractivity contribution is -0.147. The first-order valence-corrected chi connectivity index (χ1v) is 3.65.